The molecule has 21 heavy (non-hydrogen) atoms. The van der Waals surface area contributed by atoms with Crippen molar-refractivity contribution in [2.45, 2.75) is 33.2 Å². The van der Waals surface area contributed by atoms with Crippen LogP contribution in [0.5, 0.6) is 0 Å². The van der Waals surface area contributed by atoms with Gasteiger partial charge in [0.1, 0.15) is 0 Å². The van der Waals surface area contributed by atoms with Crippen molar-refractivity contribution in [3.05, 3.63) is 52.3 Å². The molecule has 2 heterocycles. The van der Waals surface area contributed by atoms with Gasteiger partial charge in [-0.05, 0) is 24.8 Å². The second kappa shape index (κ2) is 5.02. The van der Waals surface area contributed by atoms with Crippen molar-refractivity contribution in [1.82, 2.24) is 15.1 Å². The molecule has 4 heteroatoms. The highest BCUT2D eigenvalue weighted by Gasteiger charge is 2.36. The van der Waals surface area contributed by atoms with Crippen molar-refractivity contribution in [3.63, 3.8) is 0 Å². The molecule has 1 aromatic heterocycles. The van der Waals surface area contributed by atoms with E-state index in [1.807, 2.05) is 11.7 Å². The van der Waals surface area contributed by atoms with Crippen LogP contribution >= 0.6 is 0 Å². The molecule has 1 unspecified atom stereocenters. The lowest BCUT2D eigenvalue weighted by Crippen LogP contribution is -2.22. The van der Waals surface area contributed by atoms with E-state index in [2.05, 4.69) is 55.5 Å². The van der Waals surface area contributed by atoms with Crippen molar-refractivity contribution in [1.29, 1.82) is 0 Å². The van der Waals surface area contributed by atoms with Crippen molar-refractivity contribution < 1.29 is 4.79 Å². The van der Waals surface area contributed by atoms with E-state index < -0.39 is 0 Å². The Morgan fingerprint density at radius 3 is 2.57 bits per heavy atom. The number of nitrogens with one attached hydrogen (secondary N) is 1. The van der Waals surface area contributed by atoms with Gasteiger partial charge < -0.3 is 5.32 Å². The molecule has 1 aliphatic heterocycles. The molecular weight excluding hydrogens is 262 g/mol. The number of amides is 1. The molecular formula is C17H21N3O. The topological polar surface area (TPSA) is 46.9 Å². The molecule has 0 bridgehead atoms. The Hall–Kier alpha value is -2.10. The van der Waals surface area contributed by atoms with Gasteiger partial charge >= 0.3 is 0 Å². The largest absolute Gasteiger partial charge is 0.340 e. The van der Waals surface area contributed by atoms with Crippen LogP contribution in [0.25, 0.3) is 0 Å². The van der Waals surface area contributed by atoms with Crippen LogP contribution in [0.3, 0.4) is 0 Å². The van der Waals surface area contributed by atoms with E-state index in [9.17, 15) is 4.79 Å². The van der Waals surface area contributed by atoms with Crippen LogP contribution in [-0.4, -0.2) is 15.7 Å². The van der Waals surface area contributed by atoms with Gasteiger partial charge in [-0.15, -0.1) is 0 Å². The average molecular weight is 283 g/mol. The summed E-state index contributed by atoms with van der Waals surface area (Å²) in [7, 11) is 1.93. The number of rotatable bonds is 3. The van der Waals surface area contributed by atoms with E-state index in [-0.39, 0.29) is 11.9 Å². The van der Waals surface area contributed by atoms with Crippen molar-refractivity contribution >= 4 is 5.91 Å². The number of aromatic nitrogens is 2. The molecule has 1 amide bonds. The molecule has 0 saturated heterocycles. The van der Waals surface area contributed by atoms with Crippen LogP contribution in [0, 0.1) is 12.8 Å². The van der Waals surface area contributed by atoms with E-state index in [4.69, 9.17) is 0 Å². The highest BCUT2D eigenvalue weighted by molar-refractivity contribution is 5.98. The first-order valence-electron chi connectivity index (χ1n) is 7.40. The van der Waals surface area contributed by atoms with Gasteiger partial charge in [-0.25, -0.2) is 0 Å². The predicted octanol–water partition coefficient (Wildman–Crippen LogP) is 2.76. The number of fused-ring (bicyclic) bond motifs is 1. The zero-order chi connectivity index (χ0) is 15.1. The number of benzene rings is 1. The molecule has 0 fully saturated rings. The SMILES string of the molecule is Cc1ccc(C2NC(=O)c3nn(C)c(CC(C)C)c32)cc1. The molecule has 0 spiro atoms. The molecule has 1 atom stereocenters. The first kappa shape index (κ1) is 13.9. The minimum absolute atomic E-state index is 0.0684. The molecule has 3 rings (SSSR count). The van der Waals surface area contributed by atoms with Crippen LogP contribution in [0.2, 0.25) is 0 Å². The first-order valence-corrected chi connectivity index (χ1v) is 7.40. The molecule has 1 aliphatic rings. The Labute approximate surface area is 125 Å². The normalized spacial score (nSPS) is 17.2. The number of hydrogen-bond acceptors (Lipinski definition) is 2. The van der Waals surface area contributed by atoms with E-state index in [1.165, 1.54) is 5.56 Å². The third-order valence-corrected chi connectivity index (χ3v) is 4.00. The zero-order valence-electron chi connectivity index (χ0n) is 13.0. The summed E-state index contributed by atoms with van der Waals surface area (Å²) in [6, 6.07) is 8.26. The predicted molar refractivity (Wildman–Crippen MR) is 82.2 cm³/mol. The Balaban J connectivity index is 2.08. The number of carbonyl (C=O) groups excluding carboxylic acids is 1. The molecule has 4 nitrogen and oxygen atoms in total. The zero-order valence-corrected chi connectivity index (χ0v) is 13.0. The first-order chi connectivity index (χ1) is 9.97. The number of aryl methyl sites for hydroxylation is 2. The van der Waals surface area contributed by atoms with E-state index >= 15 is 0 Å². The molecule has 0 aliphatic carbocycles. The lowest BCUT2D eigenvalue weighted by atomic mass is 9.95. The van der Waals surface area contributed by atoms with Gasteiger partial charge in [0.15, 0.2) is 5.69 Å². The molecule has 1 N–H and O–H groups in total. The minimum atomic E-state index is -0.0736. The van der Waals surface area contributed by atoms with Gasteiger partial charge in [0.05, 0.1) is 6.04 Å². The van der Waals surface area contributed by atoms with Crippen molar-refractivity contribution in [3.8, 4) is 0 Å². The number of hydrogen-bond donors (Lipinski definition) is 1. The van der Waals surface area contributed by atoms with Crippen LogP contribution in [-0.2, 0) is 13.5 Å². The maximum atomic E-state index is 12.2. The van der Waals surface area contributed by atoms with Gasteiger partial charge in [-0.2, -0.15) is 5.10 Å². The second-order valence-electron chi connectivity index (χ2n) is 6.25. The lowest BCUT2D eigenvalue weighted by molar-refractivity contribution is 0.0954. The van der Waals surface area contributed by atoms with Crippen LogP contribution in [0.4, 0.5) is 0 Å². The Bertz CT molecular complexity index is 683. The van der Waals surface area contributed by atoms with Gasteiger partial charge in [-0.1, -0.05) is 43.7 Å². The van der Waals surface area contributed by atoms with E-state index in [0.717, 1.165) is 23.2 Å². The fourth-order valence-electron chi connectivity index (χ4n) is 2.96. The van der Waals surface area contributed by atoms with Crippen molar-refractivity contribution in [2.75, 3.05) is 0 Å². The van der Waals surface area contributed by atoms with Gasteiger partial charge in [-0.3, -0.25) is 9.48 Å². The van der Waals surface area contributed by atoms with Crippen LogP contribution in [0.15, 0.2) is 24.3 Å². The Morgan fingerprint density at radius 2 is 1.95 bits per heavy atom. The maximum Gasteiger partial charge on any atom is 0.272 e. The molecule has 0 saturated carbocycles. The highest BCUT2D eigenvalue weighted by Crippen LogP contribution is 2.34. The molecule has 1 aromatic carbocycles. The highest BCUT2D eigenvalue weighted by atomic mass is 16.2. The number of nitrogens with zero attached hydrogens (tertiary/aromatic N) is 2. The van der Waals surface area contributed by atoms with Gasteiger partial charge in [0.25, 0.3) is 5.91 Å². The Morgan fingerprint density at radius 1 is 1.29 bits per heavy atom. The third-order valence-electron chi connectivity index (χ3n) is 4.00. The van der Waals surface area contributed by atoms with Gasteiger partial charge in [0.2, 0.25) is 0 Å². The minimum Gasteiger partial charge on any atom is -0.340 e. The van der Waals surface area contributed by atoms with Crippen LogP contribution < -0.4 is 5.32 Å². The smallest absolute Gasteiger partial charge is 0.272 e. The standard InChI is InChI=1S/C17H21N3O/c1-10(2)9-13-14-15(12-7-5-11(3)6-8-12)18-17(21)16(14)19-20(13)4/h5-8,10,15H,9H2,1-4H3,(H,18,21). The van der Waals surface area contributed by atoms with E-state index in [1.54, 1.807) is 0 Å². The summed E-state index contributed by atoms with van der Waals surface area (Å²) in [6.45, 7) is 6.44. The fourth-order valence-corrected chi connectivity index (χ4v) is 2.96. The molecule has 2 aromatic rings. The van der Waals surface area contributed by atoms with Gasteiger partial charge in [0, 0.05) is 18.3 Å². The summed E-state index contributed by atoms with van der Waals surface area (Å²) in [5.41, 5.74) is 5.13. The summed E-state index contributed by atoms with van der Waals surface area (Å²) >= 11 is 0. The second-order valence-corrected chi connectivity index (χ2v) is 6.25. The summed E-state index contributed by atoms with van der Waals surface area (Å²) < 4.78 is 1.87. The van der Waals surface area contributed by atoms with Crippen molar-refractivity contribution in [2.24, 2.45) is 13.0 Å². The van der Waals surface area contributed by atoms with Crippen LogP contribution in [0.1, 0.15) is 52.8 Å². The lowest BCUT2D eigenvalue weighted by Gasteiger charge is -2.16. The van der Waals surface area contributed by atoms with E-state index in [0.29, 0.717) is 11.6 Å². The Kier molecular flexibility index (Phi) is 3.32. The fraction of sp³-hybridized carbons (Fsp3) is 0.412. The summed E-state index contributed by atoms with van der Waals surface area (Å²) in [5, 5.41) is 7.48. The quantitative estimate of drug-likeness (QED) is 0.941. The molecule has 110 valence electrons. The monoisotopic (exact) mass is 283 g/mol. The summed E-state index contributed by atoms with van der Waals surface area (Å²) in [5.74, 6) is 0.458. The maximum absolute atomic E-state index is 12.2. The third kappa shape index (κ3) is 2.35. The average Bonchev–Trinajstić information content (AvgIpc) is 2.90. The molecule has 0 radical (unpaired) electrons. The summed E-state index contributed by atoms with van der Waals surface area (Å²) in [6.07, 6.45) is 0.927. The summed E-state index contributed by atoms with van der Waals surface area (Å²) in [4.78, 5) is 12.2. The number of carbonyl (C=O) groups is 1.